The van der Waals surface area contributed by atoms with Crippen LogP contribution >= 0.6 is 0 Å². The standard InChI is InChI=1S/C11H13F3O/c12-11(13,14)10-4-1-7(6-15)5-9(10)8-2-3-8/h4-5,7-8,15H,1-3,6H2. The molecule has 0 radical (unpaired) electrons. The molecule has 1 fully saturated rings. The molecule has 2 aliphatic carbocycles. The topological polar surface area (TPSA) is 20.2 Å². The quantitative estimate of drug-likeness (QED) is 0.755. The first kappa shape index (κ1) is 10.7. The van der Waals surface area contributed by atoms with Gasteiger partial charge in [0.2, 0.25) is 0 Å². The monoisotopic (exact) mass is 218 g/mol. The summed E-state index contributed by atoms with van der Waals surface area (Å²) < 4.78 is 37.9. The van der Waals surface area contributed by atoms with Crippen molar-refractivity contribution < 1.29 is 18.3 Å². The van der Waals surface area contributed by atoms with Crippen LogP contribution in [0.3, 0.4) is 0 Å². The van der Waals surface area contributed by atoms with E-state index in [1.165, 1.54) is 6.08 Å². The SMILES string of the molecule is OCC1C=C(C2CC2)C(C(F)(F)F)=CC1. The van der Waals surface area contributed by atoms with Gasteiger partial charge in [-0.15, -0.1) is 0 Å². The second kappa shape index (κ2) is 3.67. The summed E-state index contributed by atoms with van der Waals surface area (Å²) in [4.78, 5) is 0. The number of alkyl halides is 3. The van der Waals surface area contributed by atoms with Crippen LogP contribution in [0.1, 0.15) is 19.3 Å². The summed E-state index contributed by atoms with van der Waals surface area (Å²) in [6.07, 6.45) is 0.584. The summed E-state index contributed by atoms with van der Waals surface area (Å²) in [7, 11) is 0. The van der Waals surface area contributed by atoms with Crippen molar-refractivity contribution >= 4 is 0 Å². The highest BCUT2D eigenvalue weighted by Crippen LogP contribution is 2.47. The number of halogens is 3. The van der Waals surface area contributed by atoms with Crippen molar-refractivity contribution in [2.45, 2.75) is 25.4 Å². The minimum Gasteiger partial charge on any atom is -0.396 e. The molecule has 0 aromatic heterocycles. The lowest BCUT2D eigenvalue weighted by Gasteiger charge is -2.22. The Morgan fingerprint density at radius 1 is 1.33 bits per heavy atom. The molecule has 0 bridgehead atoms. The van der Waals surface area contributed by atoms with Gasteiger partial charge in [-0.3, -0.25) is 0 Å². The lowest BCUT2D eigenvalue weighted by Crippen LogP contribution is -2.20. The molecule has 0 spiro atoms. The number of aliphatic hydroxyl groups is 1. The van der Waals surface area contributed by atoms with Crippen LogP contribution in [0.25, 0.3) is 0 Å². The van der Waals surface area contributed by atoms with Crippen LogP contribution in [0, 0.1) is 11.8 Å². The van der Waals surface area contributed by atoms with Gasteiger partial charge in [-0.2, -0.15) is 13.2 Å². The zero-order chi connectivity index (χ0) is 11.1. The van der Waals surface area contributed by atoms with Gasteiger partial charge in [-0.05, 0) is 30.8 Å². The Hall–Kier alpha value is -0.770. The molecular weight excluding hydrogens is 205 g/mol. The molecule has 1 N–H and O–H groups in total. The molecule has 2 rings (SSSR count). The van der Waals surface area contributed by atoms with Crippen LogP contribution in [0.4, 0.5) is 13.2 Å². The lowest BCUT2D eigenvalue weighted by atomic mass is 9.88. The van der Waals surface area contributed by atoms with Crippen LogP contribution in [-0.4, -0.2) is 17.9 Å². The Balaban J connectivity index is 2.24. The van der Waals surface area contributed by atoms with Crippen molar-refractivity contribution in [3.63, 3.8) is 0 Å². The summed E-state index contributed by atoms with van der Waals surface area (Å²) in [6, 6.07) is 0. The third-order valence-corrected chi connectivity index (χ3v) is 2.91. The molecule has 4 heteroatoms. The summed E-state index contributed by atoms with van der Waals surface area (Å²) in [6.45, 7) is -0.0716. The number of allylic oxidation sites excluding steroid dienone is 3. The van der Waals surface area contributed by atoms with Crippen molar-refractivity contribution in [2.75, 3.05) is 6.61 Å². The van der Waals surface area contributed by atoms with Crippen LogP contribution in [-0.2, 0) is 0 Å². The van der Waals surface area contributed by atoms with Gasteiger partial charge in [0.1, 0.15) is 0 Å². The molecule has 0 aromatic carbocycles. The fourth-order valence-corrected chi connectivity index (χ4v) is 1.96. The third kappa shape index (κ3) is 2.25. The molecule has 1 saturated carbocycles. The molecule has 1 atom stereocenters. The molecule has 0 aromatic rings. The van der Waals surface area contributed by atoms with Gasteiger partial charge in [0.25, 0.3) is 0 Å². The zero-order valence-corrected chi connectivity index (χ0v) is 8.22. The number of hydrogen-bond acceptors (Lipinski definition) is 1. The fourth-order valence-electron chi connectivity index (χ4n) is 1.96. The molecule has 84 valence electrons. The summed E-state index contributed by atoms with van der Waals surface area (Å²) >= 11 is 0. The number of aliphatic hydroxyl groups excluding tert-OH is 1. The average molecular weight is 218 g/mol. The Morgan fingerprint density at radius 2 is 2.00 bits per heavy atom. The van der Waals surface area contributed by atoms with Gasteiger partial charge in [0, 0.05) is 12.5 Å². The van der Waals surface area contributed by atoms with Gasteiger partial charge in [0.15, 0.2) is 0 Å². The lowest BCUT2D eigenvalue weighted by molar-refractivity contribution is -0.0904. The maximum absolute atomic E-state index is 12.6. The summed E-state index contributed by atoms with van der Waals surface area (Å²) in [5.41, 5.74) is -0.0671. The van der Waals surface area contributed by atoms with Crippen molar-refractivity contribution in [3.8, 4) is 0 Å². The van der Waals surface area contributed by atoms with E-state index in [9.17, 15) is 13.2 Å². The van der Waals surface area contributed by atoms with Gasteiger partial charge >= 0.3 is 6.18 Å². The van der Waals surface area contributed by atoms with E-state index in [0.29, 0.717) is 12.0 Å². The normalized spacial score (nSPS) is 27.3. The van der Waals surface area contributed by atoms with Crippen LogP contribution in [0.15, 0.2) is 23.3 Å². The van der Waals surface area contributed by atoms with Crippen LogP contribution < -0.4 is 0 Å². The largest absolute Gasteiger partial charge is 0.416 e. The van der Waals surface area contributed by atoms with Crippen LogP contribution in [0.5, 0.6) is 0 Å². The molecule has 0 amide bonds. The van der Waals surface area contributed by atoms with Crippen molar-refractivity contribution in [1.82, 2.24) is 0 Å². The second-order valence-corrected chi connectivity index (χ2v) is 4.19. The molecule has 2 aliphatic rings. The van der Waals surface area contributed by atoms with E-state index >= 15 is 0 Å². The Labute approximate surface area is 86.3 Å². The first-order valence-corrected chi connectivity index (χ1v) is 5.12. The third-order valence-electron chi connectivity index (χ3n) is 2.91. The molecule has 15 heavy (non-hydrogen) atoms. The number of hydrogen-bond donors (Lipinski definition) is 1. The fraction of sp³-hybridized carbons (Fsp3) is 0.636. The molecule has 0 heterocycles. The van der Waals surface area contributed by atoms with E-state index in [-0.39, 0.29) is 18.4 Å². The molecular formula is C11H13F3O. The average Bonchev–Trinajstić information content (AvgIpc) is 2.98. The van der Waals surface area contributed by atoms with E-state index in [2.05, 4.69) is 0 Å². The molecule has 0 saturated heterocycles. The highest BCUT2D eigenvalue weighted by molar-refractivity contribution is 5.41. The minimum atomic E-state index is -4.24. The molecule has 1 unspecified atom stereocenters. The molecule has 1 nitrogen and oxygen atoms in total. The van der Waals surface area contributed by atoms with E-state index in [1.807, 2.05) is 0 Å². The van der Waals surface area contributed by atoms with Crippen molar-refractivity contribution in [3.05, 3.63) is 23.3 Å². The first-order valence-electron chi connectivity index (χ1n) is 5.12. The van der Waals surface area contributed by atoms with Crippen molar-refractivity contribution in [2.24, 2.45) is 11.8 Å². The predicted octanol–water partition coefficient (Wildman–Crippen LogP) is 2.82. The minimum absolute atomic E-state index is 0.0716. The Morgan fingerprint density at radius 3 is 2.47 bits per heavy atom. The maximum atomic E-state index is 12.6. The summed E-state index contributed by atoms with van der Waals surface area (Å²) in [5.74, 6) is -0.0566. The number of rotatable bonds is 2. The summed E-state index contributed by atoms with van der Waals surface area (Å²) in [5, 5.41) is 8.94. The van der Waals surface area contributed by atoms with E-state index < -0.39 is 11.7 Å². The van der Waals surface area contributed by atoms with Gasteiger partial charge in [0.05, 0.1) is 5.57 Å². The van der Waals surface area contributed by atoms with E-state index in [4.69, 9.17) is 5.11 Å². The Kier molecular flexibility index (Phi) is 2.63. The highest BCUT2D eigenvalue weighted by atomic mass is 19.4. The van der Waals surface area contributed by atoms with Gasteiger partial charge in [-0.25, -0.2) is 0 Å². The first-order chi connectivity index (χ1) is 7.02. The molecule has 0 aliphatic heterocycles. The zero-order valence-electron chi connectivity index (χ0n) is 8.22. The van der Waals surface area contributed by atoms with E-state index in [1.54, 1.807) is 6.08 Å². The second-order valence-electron chi connectivity index (χ2n) is 4.19. The predicted molar refractivity (Wildman–Crippen MR) is 50.1 cm³/mol. The Bertz CT molecular complexity index is 310. The van der Waals surface area contributed by atoms with Crippen molar-refractivity contribution in [1.29, 1.82) is 0 Å². The smallest absolute Gasteiger partial charge is 0.396 e. The van der Waals surface area contributed by atoms with Gasteiger partial charge in [-0.1, -0.05) is 12.2 Å². The highest BCUT2D eigenvalue weighted by Gasteiger charge is 2.42. The van der Waals surface area contributed by atoms with E-state index in [0.717, 1.165) is 12.8 Å². The maximum Gasteiger partial charge on any atom is 0.416 e. The van der Waals surface area contributed by atoms with Crippen LogP contribution in [0.2, 0.25) is 0 Å². The van der Waals surface area contributed by atoms with Gasteiger partial charge < -0.3 is 5.11 Å².